The van der Waals surface area contributed by atoms with E-state index in [1.54, 1.807) is 11.3 Å². The van der Waals surface area contributed by atoms with Gasteiger partial charge in [0.25, 0.3) is 6.01 Å². The van der Waals surface area contributed by atoms with Gasteiger partial charge in [-0.15, -0.1) is 11.3 Å². The lowest BCUT2D eigenvalue weighted by molar-refractivity contribution is -0.126. The standard InChI is InChI=1S/C19H21N3O2S/c1-13(17-7-4-12-25-17)20-18(23)14-8-10-22(11-9-14)19-21-15-5-2-3-6-16(15)24-19/h2-7,12-14H,8-11H2,1H3,(H,20,23). The highest BCUT2D eigenvalue weighted by molar-refractivity contribution is 7.10. The molecule has 2 aromatic heterocycles. The van der Waals surface area contributed by atoms with Crippen LogP contribution in [0.5, 0.6) is 0 Å². The Kier molecular flexibility index (Phi) is 4.44. The Morgan fingerprint density at radius 2 is 2.08 bits per heavy atom. The van der Waals surface area contributed by atoms with Crippen LogP contribution in [0, 0.1) is 5.92 Å². The van der Waals surface area contributed by atoms with E-state index >= 15 is 0 Å². The van der Waals surface area contributed by atoms with E-state index in [1.807, 2.05) is 42.6 Å². The molecular formula is C19H21N3O2S. The van der Waals surface area contributed by atoms with Gasteiger partial charge in [-0.25, -0.2) is 0 Å². The number of para-hydroxylation sites is 2. The van der Waals surface area contributed by atoms with Crippen LogP contribution in [0.4, 0.5) is 6.01 Å². The molecule has 0 spiro atoms. The highest BCUT2D eigenvalue weighted by Crippen LogP contribution is 2.27. The lowest BCUT2D eigenvalue weighted by Gasteiger charge is -2.30. The number of oxazole rings is 1. The summed E-state index contributed by atoms with van der Waals surface area (Å²) < 4.78 is 5.83. The predicted octanol–water partition coefficient (Wildman–Crippen LogP) is 3.98. The largest absolute Gasteiger partial charge is 0.423 e. The van der Waals surface area contributed by atoms with Crippen molar-refractivity contribution in [2.24, 2.45) is 5.92 Å². The summed E-state index contributed by atoms with van der Waals surface area (Å²) in [4.78, 5) is 20.4. The minimum absolute atomic E-state index is 0.0584. The van der Waals surface area contributed by atoms with E-state index in [0.29, 0.717) is 6.01 Å². The predicted molar refractivity (Wildman–Crippen MR) is 99.8 cm³/mol. The summed E-state index contributed by atoms with van der Waals surface area (Å²) in [6.07, 6.45) is 1.64. The molecule has 130 valence electrons. The Labute approximate surface area is 150 Å². The van der Waals surface area contributed by atoms with Crippen LogP contribution in [-0.2, 0) is 4.79 Å². The van der Waals surface area contributed by atoms with Crippen molar-refractivity contribution >= 4 is 34.4 Å². The Hall–Kier alpha value is -2.34. The molecule has 1 fully saturated rings. The number of nitrogens with one attached hydrogen (secondary N) is 1. The van der Waals surface area contributed by atoms with Gasteiger partial charge in [-0.05, 0) is 43.3 Å². The zero-order chi connectivity index (χ0) is 17.2. The molecule has 6 heteroatoms. The third kappa shape index (κ3) is 3.39. The second-order valence-electron chi connectivity index (χ2n) is 6.47. The highest BCUT2D eigenvalue weighted by Gasteiger charge is 2.28. The van der Waals surface area contributed by atoms with E-state index in [0.717, 1.165) is 37.0 Å². The van der Waals surface area contributed by atoms with Gasteiger partial charge in [-0.1, -0.05) is 18.2 Å². The Balaban J connectivity index is 1.35. The number of piperidine rings is 1. The molecule has 1 unspecified atom stereocenters. The van der Waals surface area contributed by atoms with Crippen LogP contribution < -0.4 is 10.2 Å². The van der Waals surface area contributed by atoms with Crippen molar-refractivity contribution in [2.45, 2.75) is 25.8 Å². The van der Waals surface area contributed by atoms with Crippen LogP contribution in [-0.4, -0.2) is 24.0 Å². The second-order valence-corrected chi connectivity index (χ2v) is 7.45. The van der Waals surface area contributed by atoms with Crippen molar-refractivity contribution in [3.63, 3.8) is 0 Å². The fourth-order valence-electron chi connectivity index (χ4n) is 3.27. The molecule has 1 aromatic carbocycles. The molecule has 0 aliphatic carbocycles. The van der Waals surface area contributed by atoms with Gasteiger partial charge in [-0.3, -0.25) is 4.79 Å². The van der Waals surface area contributed by atoms with Crippen molar-refractivity contribution in [1.29, 1.82) is 0 Å². The Morgan fingerprint density at radius 3 is 2.80 bits per heavy atom. The number of benzene rings is 1. The molecule has 1 amide bonds. The summed E-state index contributed by atoms with van der Waals surface area (Å²) in [5.74, 6) is 0.209. The molecule has 1 saturated heterocycles. The minimum Gasteiger partial charge on any atom is -0.423 e. The summed E-state index contributed by atoms with van der Waals surface area (Å²) in [7, 11) is 0. The average Bonchev–Trinajstić information content (AvgIpc) is 3.31. The minimum atomic E-state index is 0.0584. The number of anilines is 1. The lowest BCUT2D eigenvalue weighted by Crippen LogP contribution is -2.41. The van der Waals surface area contributed by atoms with Gasteiger partial charge in [0.1, 0.15) is 5.52 Å². The molecule has 5 nitrogen and oxygen atoms in total. The van der Waals surface area contributed by atoms with Gasteiger partial charge in [0.15, 0.2) is 5.58 Å². The molecule has 0 radical (unpaired) electrons. The molecule has 0 saturated carbocycles. The molecule has 3 aromatic rings. The number of aromatic nitrogens is 1. The van der Waals surface area contributed by atoms with Crippen LogP contribution in [0.15, 0.2) is 46.2 Å². The maximum Gasteiger partial charge on any atom is 0.298 e. The molecule has 3 heterocycles. The summed E-state index contributed by atoms with van der Waals surface area (Å²) >= 11 is 1.68. The van der Waals surface area contributed by atoms with Gasteiger partial charge >= 0.3 is 0 Å². The zero-order valence-electron chi connectivity index (χ0n) is 14.1. The van der Waals surface area contributed by atoms with E-state index in [1.165, 1.54) is 4.88 Å². The van der Waals surface area contributed by atoms with Crippen LogP contribution in [0.1, 0.15) is 30.7 Å². The van der Waals surface area contributed by atoms with Crippen molar-refractivity contribution in [3.8, 4) is 0 Å². The SMILES string of the molecule is CC(NC(=O)C1CCN(c2nc3ccccc3o2)CC1)c1cccs1. The molecular weight excluding hydrogens is 334 g/mol. The van der Waals surface area contributed by atoms with Gasteiger partial charge in [0.05, 0.1) is 6.04 Å². The molecule has 1 atom stereocenters. The average molecular weight is 355 g/mol. The second kappa shape index (κ2) is 6.88. The van der Waals surface area contributed by atoms with Gasteiger partial charge in [-0.2, -0.15) is 4.98 Å². The van der Waals surface area contributed by atoms with Crippen molar-refractivity contribution in [3.05, 3.63) is 46.7 Å². The Morgan fingerprint density at radius 1 is 1.28 bits per heavy atom. The number of rotatable bonds is 4. The van der Waals surface area contributed by atoms with Crippen LogP contribution in [0.3, 0.4) is 0 Å². The van der Waals surface area contributed by atoms with Crippen LogP contribution >= 0.6 is 11.3 Å². The van der Waals surface area contributed by atoms with Crippen LogP contribution in [0.2, 0.25) is 0 Å². The number of hydrogen-bond donors (Lipinski definition) is 1. The van der Waals surface area contributed by atoms with E-state index in [-0.39, 0.29) is 17.9 Å². The summed E-state index contributed by atoms with van der Waals surface area (Å²) in [5.41, 5.74) is 1.68. The van der Waals surface area contributed by atoms with Crippen molar-refractivity contribution in [2.75, 3.05) is 18.0 Å². The first-order chi connectivity index (χ1) is 12.2. The van der Waals surface area contributed by atoms with E-state index in [2.05, 4.69) is 21.3 Å². The number of hydrogen-bond acceptors (Lipinski definition) is 5. The molecule has 4 rings (SSSR count). The number of carbonyl (C=O) groups excluding carboxylic acids is 1. The number of thiophene rings is 1. The number of fused-ring (bicyclic) bond motifs is 1. The number of nitrogens with zero attached hydrogens (tertiary/aromatic N) is 2. The quantitative estimate of drug-likeness (QED) is 0.769. The smallest absolute Gasteiger partial charge is 0.298 e. The van der Waals surface area contributed by atoms with Gasteiger partial charge in [0.2, 0.25) is 5.91 Å². The highest BCUT2D eigenvalue weighted by atomic mass is 32.1. The maximum atomic E-state index is 12.5. The van der Waals surface area contributed by atoms with E-state index in [9.17, 15) is 4.79 Å². The fourth-order valence-corrected chi connectivity index (χ4v) is 4.00. The molecule has 1 aliphatic heterocycles. The summed E-state index contributed by atoms with van der Waals surface area (Å²) in [6, 6.07) is 12.6. The number of amides is 1. The molecule has 0 bridgehead atoms. The first-order valence-corrected chi connectivity index (χ1v) is 9.53. The van der Waals surface area contributed by atoms with Gasteiger partial charge < -0.3 is 14.6 Å². The molecule has 25 heavy (non-hydrogen) atoms. The van der Waals surface area contributed by atoms with Gasteiger partial charge in [0, 0.05) is 23.9 Å². The first-order valence-electron chi connectivity index (χ1n) is 8.65. The molecule has 1 aliphatic rings. The zero-order valence-corrected chi connectivity index (χ0v) is 15.0. The first kappa shape index (κ1) is 16.1. The van der Waals surface area contributed by atoms with E-state index in [4.69, 9.17) is 4.42 Å². The fraction of sp³-hybridized carbons (Fsp3) is 0.368. The van der Waals surface area contributed by atoms with E-state index < -0.39 is 0 Å². The van der Waals surface area contributed by atoms with Crippen LogP contribution in [0.25, 0.3) is 11.1 Å². The maximum absolute atomic E-state index is 12.5. The summed E-state index contributed by atoms with van der Waals surface area (Å²) in [5, 5.41) is 5.18. The summed E-state index contributed by atoms with van der Waals surface area (Å²) in [6.45, 7) is 3.62. The lowest BCUT2D eigenvalue weighted by atomic mass is 9.96. The number of carbonyl (C=O) groups is 1. The third-order valence-electron chi connectivity index (χ3n) is 4.75. The third-order valence-corrected chi connectivity index (χ3v) is 5.80. The van der Waals surface area contributed by atoms with Crippen molar-refractivity contribution in [1.82, 2.24) is 10.3 Å². The monoisotopic (exact) mass is 355 g/mol. The topological polar surface area (TPSA) is 58.4 Å². The Bertz CT molecular complexity index is 818. The van der Waals surface area contributed by atoms with Crippen molar-refractivity contribution < 1.29 is 9.21 Å². The molecule has 1 N–H and O–H groups in total. The normalized spacial score (nSPS) is 16.9.